The number of hydrogen-bond acceptors (Lipinski definition) is 2. The molecule has 0 radical (unpaired) electrons. The maximum atomic E-state index is 4.34. The Morgan fingerprint density at radius 3 is 2.81 bits per heavy atom. The van der Waals surface area contributed by atoms with Crippen LogP contribution in [0.2, 0.25) is 0 Å². The highest BCUT2D eigenvalue weighted by Gasteiger charge is 2.45. The molecule has 0 aliphatic heterocycles. The zero-order valence-corrected chi connectivity index (χ0v) is 10.1. The molecule has 1 spiro atoms. The summed E-state index contributed by atoms with van der Waals surface area (Å²) in [6, 6.07) is 2.05. The van der Waals surface area contributed by atoms with Gasteiger partial charge in [-0.25, -0.2) is 0 Å². The maximum Gasteiger partial charge on any atom is 0.147 e. The molecule has 0 atom stereocenters. The van der Waals surface area contributed by atoms with Crippen LogP contribution in [-0.4, -0.2) is 16.3 Å². The number of rotatable bonds is 3. The maximum absolute atomic E-state index is 4.34. The van der Waals surface area contributed by atoms with Crippen LogP contribution >= 0.6 is 0 Å². The Morgan fingerprint density at radius 2 is 2.19 bits per heavy atom. The van der Waals surface area contributed by atoms with Crippen LogP contribution in [0.5, 0.6) is 0 Å². The van der Waals surface area contributed by atoms with Crippen LogP contribution in [0, 0.1) is 11.3 Å². The molecule has 16 heavy (non-hydrogen) atoms. The minimum Gasteiger partial charge on any atom is -0.368 e. The second kappa shape index (κ2) is 3.79. The zero-order chi connectivity index (χ0) is 11.0. The first-order chi connectivity index (χ1) is 7.76. The van der Waals surface area contributed by atoms with Crippen molar-refractivity contribution in [3.8, 4) is 0 Å². The fourth-order valence-corrected chi connectivity index (χ4v) is 3.60. The molecule has 1 heterocycles. The molecule has 1 aromatic rings. The van der Waals surface area contributed by atoms with E-state index in [9.17, 15) is 0 Å². The highest BCUT2D eigenvalue weighted by molar-refractivity contribution is 5.32. The van der Waals surface area contributed by atoms with Crippen LogP contribution in [-0.2, 0) is 7.05 Å². The third-order valence-electron chi connectivity index (χ3n) is 4.39. The van der Waals surface area contributed by atoms with Gasteiger partial charge >= 0.3 is 0 Å². The number of aryl methyl sites for hydroxylation is 1. The third-order valence-corrected chi connectivity index (χ3v) is 4.39. The molecule has 1 N–H and O–H groups in total. The topological polar surface area (TPSA) is 29.9 Å². The van der Waals surface area contributed by atoms with Gasteiger partial charge in [0.1, 0.15) is 5.82 Å². The van der Waals surface area contributed by atoms with E-state index in [1.807, 2.05) is 24.0 Å². The number of anilines is 1. The minimum absolute atomic E-state index is 0.774. The molecule has 2 fully saturated rings. The van der Waals surface area contributed by atoms with E-state index in [1.165, 1.54) is 38.5 Å². The highest BCUT2D eigenvalue weighted by Crippen LogP contribution is 2.55. The largest absolute Gasteiger partial charge is 0.368 e. The van der Waals surface area contributed by atoms with Crippen molar-refractivity contribution in [3.63, 3.8) is 0 Å². The molecule has 0 aromatic carbocycles. The molecule has 0 bridgehead atoms. The molecule has 0 saturated heterocycles. The fraction of sp³-hybridized carbons (Fsp3) is 0.769. The molecule has 2 aliphatic rings. The van der Waals surface area contributed by atoms with Crippen molar-refractivity contribution in [1.29, 1.82) is 0 Å². The van der Waals surface area contributed by atoms with E-state index in [2.05, 4.69) is 10.4 Å². The monoisotopic (exact) mass is 219 g/mol. The molecule has 1 aromatic heterocycles. The van der Waals surface area contributed by atoms with E-state index in [1.54, 1.807) is 0 Å². The van der Waals surface area contributed by atoms with Crippen molar-refractivity contribution in [1.82, 2.24) is 9.78 Å². The first kappa shape index (κ1) is 10.2. The Bertz CT molecular complexity index is 355. The first-order valence-corrected chi connectivity index (χ1v) is 6.49. The minimum atomic E-state index is 0.774. The van der Waals surface area contributed by atoms with E-state index < -0.39 is 0 Å². The fourth-order valence-electron chi connectivity index (χ4n) is 3.60. The molecule has 88 valence electrons. The number of nitrogens with one attached hydrogen (secondary N) is 1. The van der Waals surface area contributed by atoms with Crippen molar-refractivity contribution in [2.75, 3.05) is 11.9 Å². The van der Waals surface area contributed by atoms with Crippen LogP contribution in [0.4, 0.5) is 5.82 Å². The summed E-state index contributed by atoms with van der Waals surface area (Å²) in [6.07, 6.45) is 10.8. The lowest BCUT2D eigenvalue weighted by molar-refractivity contribution is 0.0705. The summed E-state index contributed by atoms with van der Waals surface area (Å²) < 4.78 is 1.85. The van der Waals surface area contributed by atoms with Crippen molar-refractivity contribution in [3.05, 3.63) is 12.3 Å². The van der Waals surface area contributed by atoms with E-state index in [0.29, 0.717) is 0 Å². The summed E-state index contributed by atoms with van der Waals surface area (Å²) in [5, 5.41) is 7.78. The van der Waals surface area contributed by atoms with E-state index in [0.717, 1.165) is 23.7 Å². The molecule has 0 amide bonds. The van der Waals surface area contributed by atoms with Gasteiger partial charge in [-0.15, -0.1) is 0 Å². The lowest BCUT2D eigenvalue weighted by atomic mass is 9.61. The van der Waals surface area contributed by atoms with Gasteiger partial charge in [0.2, 0.25) is 0 Å². The van der Waals surface area contributed by atoms with Gasteiger partial charge in [-0.2, -0.15) is 5.10 Å². The van der Waals surface area contributed by atoms with Crippen molar-refractivity contribution in [2.24, 2.45) is 18.4 Å². The predicted octanol–water partition coefficient (Wildman–Crippen LogP) is 2.80. The number of hydrogen-bond donors (Lipinski definition) is 1. The molecule has 3 heteroatoms. The van der Waals surface area contributed by atoms with Crippen LogP contribution in [0.3, 0.4) is 0 Å². The Morgan fingerprint density at radius 1 is 1.44 bits per heavy atom. The summed E-state index contributed by atoms with van der Waals surface area (Å²) >= 11 is 0. The molecule has 2 aliphatic carbocycles. The smallest absolute Gasteiger partial charge is 0.147 e. The Labute approximate surface area is 97.2 Å². The summed E-state index contributed by atoms with van der Waals surface area (Å²) in [6.45, 7) is 1.11. The molecular weight excluding hydrogens is 198 g/mol. The zero-order valence-electron chi connectivity index (χ0n) is 10.1. The van der Waals surface area contributed by atoms with Crippen LogP contribution in [0.25, 0.3) is 0 Å². The Balaban J connectivity index is 1.45. The lowest BCUT2D eigenvalue weighted by Gasteiger charge is -2.45. The van der Waals surface area contributed by atoms with E-state index >= 15 is 0 Å². The molecule has 2 saturated carbocycles. The van der Waals surface area contributed by atoms with Gasteiger partial charge < -0.3 is 5.32 Å². The average molecular weight is 219 g/mol. The lowest BCUT2D eigenvalue weighted by Crippen LogP contribution is -2.38. The average Bonchev–Trinajstić information content (AvgIpc) is 2.81. The van der Waals surface area contributed by atoms with E-state index in [4.69, 9.17) is 0 Å². The first-order valence-electron chi connectivity index (χ1n) is 6.49. The summed E-state index contributed by atoms with van der Waals surface area (Å²) in [4.78, 5) is 0. The highest BCUT2D eigenvalue weighted by atomic mass is 15.3. The van der Waals surface area contributed by atoms with Crippen LogP contribution in [0.15, 0.2) is 12.3 Å². The Kier molecular flexibility index (Phi) is 2.41. The van der Waals surface area contributed by atoms with Crippen LogP contribution < -0.4 is 5.32 Å². The Hall–Kier alpha value is -0.990. The van der Waals surface area contributed by atoms with E-state index in [-0.39, 0.29) is 0 Å². The standard InChI is InChI=1S/C13H21N3/c1-16-7-4-12(15-16)14-10-11-8-13(9-11)5-2-3-6-13/h4,7,11H,2-3,5-6,8-10H2,1H3,(H,14,15). The van der Waals surface area contributed by atoms with Gasteiger partial charge in [-0.3, -0.25) is 4.68 Å². The quantitative estimate of drug-likeness (QED) is 0.847. The summed E-state index contributed by atoms with van der Waals surface area (Å²) in [7, 11) is 1.96. The summed E-state index contributed by atoms with van der Waals surface area (Å²) in [5.41, 5.74) is 0.774. The SMILES string of the molecule is Cn1ccc(NCC2CC3(CCCC3)C2)n1. The molecular formula is C13H21N3. The second-order valence-electron chi connectivity index (χ2n) is 5.74. The number of aromatic nitrogens is 2. The van der Waals surface area contributed by atoms with Gasteiger partial charge in [0.15, 0.2) is 0 Å². The normalized spacial score (nSPS) is 23.6. The molecule has 0 unspecified atom stereocenters. The van der Waals surface area contributed by atoms with Crippen molar-refractivity contribution < 1.29 is 0 Å². The molecule has 3 nitrogen and oxygen atoms in total. The van der Waals surface area contributed by atoms with Gasteiger partial charge in [0.25, 0.3) is 0 Å². The second-order valence-corrected chi connectivity index (χ2v) is 5.74. The van der Waals surface area contributed by atoms with Gasteiger partial charge in [-0.1, -0.05) is 12.8 Å². The van der Waals surface area contributed by atoms with Gasteiger partial charge in [0, 0.05) is 25.9 Å². The number of nitrogens with zero attached hydrogens (tertiary/aromatic N) is 2. The van der Waals surface area contributed by atoms with Crippen molar-refractivity contribution in [2.45, 2.75) is 38.5 Å². The predicted molar refractivity (Wildman–Crippen MR) is 65.3 cm³/mol. The van der Waals surface area contributed by atoms with Crippen molar-refractivity contribution >= 4 is 5.82 Å². The summed E-state index contributed by atoms with van der Waals surface area (Å²) in [5.74, 6) is 1.91. The van der Waals surface area contributed by atoms with Gasteiger partial charge in [0.05, 0.1) is 0 Å². The van der Waals surface area contributed by atoms with Crippen LogP contribution in [0.1, 0.15) is 38.5 Å². The third kappa shape index (κ3) is 1.83. The van der Waals surface area contributed by atoms with Gasteiger partial charge in [-0.05, 0) is 37.0 Å². The molecule has 3 rings (SSSR count).